The molecule has 7 heteroatoms. The number of Topliss-reactive ketones (excluding diaryl/α,β-unsaturated/α-hetero) is 1. The summed E-state index contributed by atoms with van der Waals surface area (Å²) in [5.41, 5.74) is -0.256. The van der Waals surface area contributed by atoms with Gasteiger partial charge in [-0.3, -0.25) is 4.79 Å². The van der Waals surface area contributed by atoms with Crippen LogP contribution in [0.5, 0.6) is 5.75 Å². The van der Waals surface area contributed by atoms with E-state index in [2.05, 4.69) is 0 Å². The molecule has 1 unspecified atom stereocenters. The molecule has 1 aliphatic carbocycles. The van der Waals surface area contributed by atoms with Gasteiger partial charge in [0.05, 0.1) is 5.56 Å². The number of halogens is 5. The van der Waals surface area contributed by atoms with E-state index >= 15 is 0 Å². The number of benzene rings is 2. The Morgan fingerprint density at radius 2 is 1.75 bits per heavy atom. The van der Waals surface area contributed by atoms with Gasteiger partial charge in [0.15, 0.2) is 29.1 Å². The number of carbonyl (C=O) groups excluding carboxylic acids is 1. The summed E-state index contributed by atoms with van der Waals surface area (Å²) in [6.45, 7) is 0. The van der Waals surface area contributed by atoms with Crippen LogP contribution in [0, 0.1) is 23.3 Å². The molecule has 0 aromatic heterocycles. The van der Waals surface area contributed by atoms with Gasteiger partial charge in [-0.1, -0.05) is 12.1 Å². The van der Waals surface area contributed by atoms with Crippen LogP contribution in [0.2, 0.25) is 0 Å². The summed E-state index contributed by atoms with van der Waals surface area (Å²) in [7, 11) is 0. The van der Waals surface area contributed by atoms with Crippen LogP contribution in [0.15, 0.2) is 24.3 Å². The molecule has 1 atom stereocenters. The van der Waals surface area contributed by atoms with Gasteiger partial charge in [0.1, 0.15) is 5.75 Å². The number of hydrogen-bond donors (Lipinski definition) is 0. The second-order valence-corrected chi connectivity index (χ2v) is 5.38. The van der Waals surface area contributed by atoms with E-state index in [0.29, 0.717) is 30.4 Å². The third-order valence-electron chi connectivity index (χ3n) is 3.87. The normalized spacial score (nSPS) is 15.1. The average molecular weight is 342 g/mol. The molecular weight excluding hydrogens is 331 g/mol. The van der Waals surface area contributed by atoms with Gasteiger partial charge in [-0.2, -0.15) is 4.39 Å². The van der Waals surface area contributed by atoms with E-state index in [4.69, 9.17) is 4.74 Å². The lowest BCUT2D eigenvalue weighted by Gasteiger charge is -2.20. The summed E-state index contributed by atoms with van der Waals surface area (Å²) in [6, 6.07) is 4.61. The smallest absolute Gasteiger partial charge is 0.267 e. The largest absolute Gasteiger partial charge is 0.456 e. The van der Waals surface area contributed by atoms with Crippen molar-refractivity contribution in [3.05, 3.63) is 64.2 Å². The maximum absolute atomic E-state index is 14.2. The summed E-state index contributed by atoms with van der Waals surface area (Å²) in [5.74, 6) is -7.85. The number of rotatable bonds is 3. The number of ketones is 1. The van der Waals surface area contributed by atoms with Crippen LogP contribution in [-0.4, -0.2) is 5.78 Å². The van der Waals surface area contributed by atoms with Crippen LogP contribution in [0.3, 0.4) is 0 Å². The summed E-state index contributed by atoms with van der Waals surface area (Å²) >= 11 is 0. The first-order chi connectivity index (χ1) is 11.4. The number of hydrogen-bond acceptors (Lipinski definition) is 2. The fourth-order valence-corrected chi connectivity index (χ4v) is 2.69. The molecule has 24 heavy (non-hydrogen) atoms. The minimum Gasteiger partial charge on any atom is -0.456 e. The van der Waals surface area contributed by atoms with Crippen molar-refractivity contribution in [2.24, 2.45) is 0 Å². The molecule has 2 nitrogen and oxygen atoms in total. The molecule has 0 saturated heterocycles. The molecule has 0 bridgehead atoms. The van der Waals surface area contributed by atoms with Crippen LogP contribution in [0.1, 0.15) is 40.7 Å². The molecule has 0 heterocycles. The molecule has 0 saturated carbocycles. The molecular formula is C17H11F5O2. The highest BCUT2D eigenvalue weighted by atomic mass is 19.2. The summed E-state index contributed by atoms with van der Waals surface area (Å²) in [5, 5.41) is 0. The van der Waals surface area contributed by atoms with Crippen molar-refractivity contribution < 1.29 is 31.5 Å². The standard InChI is InChI=1S/C17H11F5O2/c18-11-7-10(14(19)16(21)15(11)20)17(22)24-13-6-2-3-8-9(13)4-1-5-12(8)23/h2-3,6-7,17H,1,4-5H2. The number of fused-ring (bicyclic) bond motifs is 1. The highest BCUT2D eigenvalue weighted by Gasteiger charge is 2.27. The third-order valence-corrected chi connectivity index (χ3v) is 3.87. The molecule has 0 fully saturated rings. The lowest BCUT2D eigenvalue weighted by atomic mass is 9.90. The Morgan fingerprint density at radius 1 is 1.00 bits per heavy atom. The SMILES string of the molecule is O=C1CCCc2c(OC(F)c3cc(F)c(F)c(F)c3F)cccc21. The first-order valence-electron chi connectivity index (χ1n) is 7.19. The zero-order valence-electron chi connectivity index (χ0n) is 12.2. The van der Waals surface area contributed by atoms with Crippen molar-refractivity contribution >= 4 is 5.78 Å². The predicted molar refractivity (Wildman–Crippen MR) is 74.5 cm³/mol. The maximum atomic E-state index is 14.2. The molecule has 126 valence electrons. The van der Waals surface area contributed by atoms with Crippen molar-refractivity contribution in [3.8, 4) is 5.75 Å². The van der Waals surface area contributed by atoms with Crippen molar-refractivity contribution in [3.63, 3.8) is 0 Å². The molecule has 0 aliphatic heterocycles. The molecule has 2 aromatic rings. The average Bonchev–Trinajstić information content (AvgIpc) is 2.57. The van der Waals surface area contributed by atoms with Crippen molar-refractivity contribution in [1.29, 1.82) is 0 Å². The molecule has 2 aromatic carbocycles. The monoisotopic (exact) mass is 342 g/mol. The molecule has 0 N–H and O–H groups in total. The highest BCUT2D eigenvalue weighted by Crippen LogP contribution is 2.34. The van der Waals surface area contributed by atoms with Gasteiger partial charge in [-0.15, -0.1) is 0 Å². The summed E-state index contributed by atoms with van der Waals surface area (Å²) < 4.78 is 72.2. The lowest BCUT2D eigenvalue weighted by molar-refractivity contribution is 0.0607. The summed E-state index contributed by atoms with van der Waals surface area (Å²) in [6.07, 6.45) is -1.19. The van der Waals surface area contributed by atoms with Gasteiger partial charge in [0.25, 0.3) is 6.36 Å². The van der Waals surface area contributed by atoms with Gasteiger partial charge < -0.3 is 4.74 Å². The van der Waals surface area contributed by atoms with Crippen LogP contribution >= 0.6 is 0 Å². The van der Waals surface area contributed by atoms with Gasteiger partial charge in [0, 0.05) is 17.5 Å². The van der Waals surface area contributed by atoms with Crippen LogP contribution in [0.25, 0.3) is 0 Å². The Kier molecular flexibility index (Phi) is 4.26. The van der Waals surface area contributed by atoms with E-state index in [1.165, 1.54) is 12.1 Å². The van der Waals surface area contributed by atoms with Crippen molar-refractivity contribution in [2.75, 3.05) is 0 Å². The highest BCUT2D eigenvalue weighted by molar-refractivity contribution is 5.99. The summed E-state index contributed by atoms with van der Waals surface area (Å²) in [4.78, 5) is 11.8. The van der Waals surface area contributed by atoms with Crippen LogP contribution in [-0.2, 0) is 6.42 Å². The minimum atomic E-state index is -2.56. The molecule has 0 radical (unpaired) electrons. The van der Waals surface area contributed by atoms with Gasteiger partial charge in [-0.25, -0.2) is 17.6 Å². The minimum absolute atomic E-state index is 0.0161. The quantitative estimate of drug-likeness (QED) is 0.455. The number of carbonyl (C=O) groups is 1. The Bertz CT molecular complexity index is 819. The molecule has 3 rings (SSSR count). The van der Waals surface area contributed by atoms with E-state index in [-0.39, 0.29) is 17.6 Å². The van der Waals surface area contributed by atoms with Crippen molar-refractivity contribution in [1.82, 2.24) is 0 Å². The molecule has 0 spiro atoms. The van der Waals surface area contributed by atoms with E-state index in [1.54, 1.807) is 6.07 Å². The zero-order chi connectivity index (χ0) is 17.4. The third kappa shape index (κ3) is 2.74. The Balaban J connectivity index is 1.96. The second kappa shape index (κ2) is 6.22. The Morgan fingerprint density at radius 3 is 2.50 bits per heavy atom. The second-order valence-electron chi connectivity index (χ2n) is 5.38. The topological polar surface area (TPSA) is 26.3 Å². The van der Waals surface area contributed by atoms with Crippen LogP contribution < -0.4 is 4.74 Å². The van der Waals surface area contributed by atoms with Gasteiger partial charge in [-0.05, 0) is 25.0 Å². The fourth-order valence-electron chi connectivity index (χ4n) is 2.69. The number of alkyl halides is 1. The van der Waals surface area contributed by atoms with Crippen LogP contribution in [0.4, 0.5) is 22.0 Å². The lowest BCUT2D eigenvalue weighted by Crippen LogP contribution is -2.14. The van der Waals surface area contributed by atoms with Gasteiger partial charge in [0.2, 0.25) is 0 Å². The van der Waals surface area contributed by atoms with Crippen molar-refractivity contribution in [2.45, 2.75) is 25.6 Å². The van der Waals surface area contributed by atoms with E-state index in [1.807, 2.05) is 0 Å². The zero-order valence-corrected chi connectivity index (χ0v) is 12.2. The Labute approximate surface area is 133 Å². The molecule has 1 aliphatic rings. The Hall–Kier alpha value is -2.44. The first kappa shape index (κ1) is 16.4. The maximum Gasteiger partial charge on any atom is 0.267 e. The van der Waals surface area contributed by atoms with E-state index in [9.17, 15) is 26.7 Å². The van der Waals surface area contributed by atoms with E-state index < -0.39 is 35.2 Å². The predicted octanol–water partition coefficient (Wildman–Crippen LogP) is 4.81. The first-order valence-corrected chi connectivity index (χ1v) is 7.19. The number of ether oxygens (including phenoxy) is 1. The fraction of sp³-hybridized carbons (Fsp3) is 0.235. The van der Waals surface area contributed by atoms with E-state index in [0.717, 1.165) is 0 Å². The van der Waals surface area contributed by atoms with Gasteiger partial charge >= 0.3 is 0 Å². The molecule has 0 amide bonds.